The lowest BCUT2D eigenvalue weighted by Crippen LogP contribution is -2.29. The third-order valence-corrected chi connectivity index (χ3v) is 2.09. The highest BCUT2D eigenvalue weighted by Gasteiger charge is 2.27. The van der Waals surface area contributed by atoms with Crippen molar-refractivity contribution in [1.82, 2.24) is 4.98 Å². The van der Waals surface area contributed by atoms with Crippen molar-refractivity contribution in [2.45, 2.75) is 12.2 Å². The molecule has 1 rings (SSSR count). The standard InChI is InChI=1S/C10H11NO6/c1-17-10(16)8(13)7(12)5-2-6(9(14)15)4-11-3-5/h2-4,7-8,12-13H,1H3,(H,14,15). The SMILES string of the molecule is COC(=O)C(O)C(O)c1cncc(C(=O)O)c1. The van der Waals surface area contributed by atoms with Gasteiger partial charge in [-0.25, -0.2) is 9.59 Å². The van der Waals surface area contributed by atoms with E-state index in [4.69, 9.17) is 5.11 Å². The largest absolute Gasteiger partial charge is 0.478 e. The van der Waals surface area contributed by atoms with Crippen LogP contribution in [-0.2, 0) is 9.53 Å². The lowest BCUT2D eigenvalue weighted by molar-refractivity contribution is -0.156. The topological polar surface area (TPSA) is 117 Å². The zero-order valence-corrected chi connectivity index (χ0v) is 8.90. The molecule has 0 radical (unpaired) electrons. The Balaban J connectivity index is 2.96. The number of nitrogens with zero attached hydrogens (tertiary/aromatic N) is 1. The summed E-state index contributed by atoms with van der Waals surface area (Å²) < 4.78 is 4.25. The summed E-state index contributed by atoms with van der Waals surface area (Å²) in [5.74, 6) is -2.24. The molecule has 0 fully saturated rings. The van der Waals surface area contributed by atoms with Crippen LogP contribution in [0.3, 0.4) is 0 Å². The first-order valence-corrected chi connectivity index (χ1v) is 4.59. The smallest absolute Gasteiger partial charge is 0.337 e. The quantitative estimate of drug-likeness (QED) is 0.599. The minimum atomic E-state index is -1.79. The number of rotatable bonds is 4. The number of methoxy groups -OCH3 is 1. The molecule has 92 valence electrons. The van der Waals surface area contributed by atoms with E-state index in [-0.39, 0.29) is 11.1 Å². The van der Waals surface area contributed by atoms with Crippen molar-refractivity contribution in [2.75, 3.05) is 7.11 Å². The van der Waals surface area contributed by atoms with Crippen molar-refractivity contribution < 1.29 is 29.6 Å². The minimum Gasteiger partial charge on any atom is -0.478 e. The summed E-state index contributed by atoms with van der Waals surface area (Å²) in [5.41, 5.74) is -0.138. The number of hydrogen-bond donors (Lipinski definition) is 3. The summed E-state index contributed by atoms with van der Waals surface area (Å²) in [6.07, 6.45) is -1.13. The number of carboxylic acid groups (broad SMARTS) is 1. The predicted octanol–water partition coefficient (Wildman–Crippen LogP) is -0.653. The fraction of sp³-hybridized carbons (Fsp3) is 0.300. The van der Waals surface area contributed by atoms with Gasteiger partial charge in [0.25, 0.3) is 0 Å². The molecule has 2 unspecified atom stereocenters. The number of aromatic nitrogens is 1. The second-order valence-corrected chi connectivity index (χ2v) is 3.22. The average Bonchev–Trinajstić information content (AvgIpc) is 2.36. The molecule has 0 aliphatic rings. The molecular formula is C10H11NO6. The van der Waals surface area contributed by atoms with Crippen LogP contribution >= 0.6 is 0 Å². The van der Waals surface area contributed by atoms with E-state index in [9.17, 15) is 19.8 Å². The lowest BCUT2D eigenvalue weighted by Gasteiger charge is -2.15. The molecule has 2 atom stereocenters. The van der Waals surface area contributed by atoms with Crippen molar-refractivity contribution in [2.24, 2.45) is 0 Å². The van der Waals surface area contributed by atoms with Crippen LogP contribution in [0.4, 0.5) is 0 Å². The number of pyridine rings is 1. The van der Waals surface area contributed by atoms with Gasteiger partial charge < -0.3 is 20.1 Å². The van der Waals surface area contributed by atoms with Crippen LogP contribution in [-0.4, -0.2) is 45.5 Å². The molecule has 0 spiro atoms. The Morgan fingerprint density at radius 1 is 1.35 bits per heavy atom. The molecule has 0 saturated heterocycles. The molecular weight excluding hydrogens is 230 g/mol. The van der Waals surface area contributed by atoms with Gasteiger partial charge >= 0.3 is 11.9 Å². The number of esters is 1. The Hall–Kier alpha value is -1.99. The van der Waals surface area contributed by atoms with Crippen molar-refractivity contribution in [1.29, 1.82) is 0 Å². The van der Waals surface area contributed by atoms with E-state index < -0.39 is 24.1 Å². The van der Waals surface area contributed by atoms with Crippen LogP contribution in [0.2, 0.25) is 0 Å². The van der Waals surface area contributed by atoms with E-state index in [0.717, 1.165) is 25.6 Å². The number of hydrogen-bond acceptors (Lipinski definition) is 6. The highest BCUT2D eigenvalue weighted by Crippen LogP contribution is 2.17. The third kappa shape index (κ3) is 2.99. The summed E-state index contributed by atoms with van der Waals surface area (Å²) >= 11 is 0. The Morgan fingerprint density at radius 2 is 2.00 bits per heavy atom. The summed E-state index contributed by atoms with van der Waals surface area (Å²) in [4.78, 5) is 25.2. The van der Waals surface area contributed by atoms with E-state index in [0.29, 0.717) is 0 Å². The second kappa shape index (κ2) is 5.37. The molecule has 0 aliphatic heterocycles. The van der Waals surface area contributed by atoms with Gasteiger partial charge in [-0.1, -0.05) is 0 Å². The van der Waals surface area contributed by atoms with Crippen LogP contribution < -0.4 is 0 Å². The summed E-state index contributed by atoms with van der Waals surface area (Å²) in [5, 5.41) is 27.7. The van der Waals surface area contributed by atoms with Crippen molar-refractivity contribution in [3.63, 3.8) is 0 Å². The van der Waals surface area contributed by atoms with Gasteiger partial charge in [0.05, 0.1) is 12.7 Å². The molecule has 3 N–H and O–H groups in total. The van der Waals surface area contributed by atoms with Crippen molar-refractivity contribution in [3.05, 3.63) is 29.6 Å². The van der Waals surface area contributed by atoms with Gasteiger partial charge in [-0.2, -0.15) is 0 Å². The van der Waals surface area contributed by atoms with Crippen molar-refractivity contribution in [3.8, 4) is 0 Å². The maximum absolute atomic E-state index is 11.0. The second-order valence-electron chi connectivity index (χ2n) is 3.22. The zero-order chi connectivity index (χ0) is 13.0. The van der Waals surface area contributed by atoms with Crippen molar-refractivity contribution >= 4 is 11.9 Å². The molecule has 7 heteroatoms. The number of aromatic carboxylic acids is 1. The number of aliphatic hydroxyl groups excluding tert-OH is 2. The molecule has 7 nitrogen and oxygen atoms in total. The molecule has 0 saturated carbocycles. The number of aliphatic hydroxyl groups is 2. The van der Waals surface area contributed by atoms with Crippen LogP contribution in [0.15, 0.2) is 18.5 Å². The highest BCUT2D eigenvalue weighted by atomic mass is 16.5. The molecule has 0 aliphatic carbocycles. The Labute approximate surface area is 96.3 Å². The number of carboxylic acids is 1. The Bertz CT molecular complexity index is 433. The van der Waals surface area contributed by atoms with Gasteiger partial charge in [-0.15, -0.1) is 0 Å². The number of carbonyl (C=O) groups excluding carboxylic acids is 1. The van der Waals surface area contributed by atoms with Crippen LogP contribution in [0.25, 0.3) is 0 Å². The van der Waals surface area contributed by atoms with Gasteiger partial charge in [0.2, 0.25) is 0 Å². The normalized spacial score (nSPS) is 13.8. The first kappa shape index (κ1) is 13.1. The molecule has 1 heterocycles. The fourth-order valence-electron chi connectivity index (χ4n) is 1.17. The van der Waals surface area contributed by atoms with Crippen LogP contribution in [0.1, 0.15) is 22.0 Å². The molecule has 1 aromatic heterocycles. The lowest BCUT2D eigenvalue weighted by atomic mass is 10.0. The summed E-state index contributed by atoms with van der Waals surface area (Å²) in [7, 11) is 1.06. The van der Waals surface area contributed by atoms with Gasteiger partial charge in [-0.3, -0.25) is 4.98 Å². The van der Waals surface area contributed by atoms with Gasteiger partial charge in [0.1, 0.15) is 6.10 Å². The van der Waals surface area contributed by atoms with Gasteiger partial charge in [0, 0.05) is 18.0 Å². The first-order valence-electron chi connectivity index (χ1n) is 4.59. The molecule has 17 heavy (non-hydrogen) atoms. The number of ether oxygens (including phenoxy) is 1. The van der Waals surface area contributed by atoms with E-state index in [1.807, 2.05) is 0 Å². The van der Waals surface area contributed by atoms with Gasteiger partial charge in [-0.05, 0) is 6.07 Å². The summed E-state index contributed by atoms with van der Waals surface area (Å²) in [6, 6.07) is 1.12. The molecule has 0 amide bonds. The molecule has 1 aromatic rings. The molecule has 0 aromatic carbocycles. The first-order chi connectivity index (χ1) is 7.97. The van der Waals surface area contributed by atoms with Crippen LogP contribution in [0.5, 0.6) is 0 Å². The minimum absolute atomic E-state index is 0.0165. The highest BCUT2D eigenvalue weighted by molar-refractivity contribution is 5.87. The van der Waals surface area contributed by atoms with E-state index in [2.05, 4.69) is 9.72 Å². The fourth-order valence-corrected chi connectivity index (χ4v) is 1.17. The zero-order valence-electron chi connectivity index (χ0n) is 8.90. The third-order valence-electron chi connectivity index (χ3n) is 2.09. The monoisotopic (exact) mass is 241 g/mol. The predicted molar refractivity (Wildman–Crippen MR) is 54.2 cm³/mol. The summed E-state index contributed by atoms with van der Waals surface area (Å²) in [6.45, 7) is 0. The maximum Gasteiger partial charge on any atom is 0.337 e. The van der Waals surface area contributed by atoms with Gasteiger partial charge in [0.15, 0.2) is 6.10 Å². The molecule has 0 bridgehead atoms. The van der Waals surface area contributed by atoms with E-state index >= 15 is 0 Å². The van der Waals surface area contributed by atoms with E-state index in [1.54, 1.807) is 0 Å². The Morgan fingerprint density at radius 3 is 2.53 bits per heavy atom. The van der Waals surface area contributed by atoms with Crippen LogP contribution in [0, 0.1) is 0 Å². The average molecular weight is 241 g/mol. The van der Waals surface area contributed by atoms with E-state index in [1.165, 1.54) is 0 Å². The number of carbonyl (C=O) groups is 2. The maximum atomic E-state index is 11.0. The Kier molecular flexibility index (Phi) is 4.13.